The molecule has 1 heterocycles. The van der Waals surface area contributed by atoms with Crippen molar-refractivity contribution in [3.8, 4) is 11.3 Å². The summed E-state index contributed by atoms with van der Waals surface area (Å²) in [5.41, 5.74) is 11.4. The first kappa shape index (κ1) is 16.4. The van der Waals surface area contributed by atoms with Gasteiger partial charge in [-0.05, 0) is 49.9 Å². The smallest absolute Gasteiger partial charge is 0.0685 e. The minimum atomic E-state index is 0.576. The molecule has 4 heteroatoms. The first-order chi connectivity index (χ1) is 11.1. The van der Waals surface area contributed by atoms with Gasteiger partial charge in [-0.2, -0.15) is 0 Å². The zero-order chi connectivity index (χ0) is 16.4. The van der Waals surface area contributed by atoms with Crippen molar-refractivity contribution in [2.75, 3.05) is 6.54 Å². The largest absolute Gasteiger partial charge is 0.354 e. The maximum atomic E-state index is 6.46. The van der Waals surface area contributed by atoms with E-state index in [2.05, 4.69) is 30.1 Å². The van der Waals surface area contributed by atoms with Crippen molar-refractivity contribution in [2.24, 2.45) is 5.73 Å². The number of benzene rings is 2. The SMILES string of the molecule is Cc1cccc2c(CCCCN)c(-c3cccc(Cl)c3Cl)[nH]c12. The lowest BCUT2D eigenvalue weighted by atomic mass is 9.99. The number of H-pyrrole nitrogens is 1. The lowest BCUT2D eigenvalue weighted by Crippen LogP contribution is -1.99. The predicted molar refractivity (Wildman–Crippen MR) is 100 cm³/mol. The van der Waals surface area contributed by atoms with E-state index >= 15 is 0 Å². The molecule has 23 heavy (non-hydrogen) atoms. The highest BCUT2D eigenvalue weighted by Gasteiger charge is 2.17. The van der Waals surface area contributed by atoms with E-state index < -0.39 is 0 Å². The lowest BCUT2D eigenvalue weighted by molar-refractivity contribution is 0.748. The van der Waals surface area contributed by atoms with Crippen molar-refractivity contribution >= 4 is 34.1 Å². The van der Waals surface area contributed by atoms with Crippen molar-refractivity contribution in [2.45, 2.75) is 26.2 Å². The molecule has 0 aliphatic carbocycles. The van der Waals surface area contributed by atoms with Crippen LogP contribution in [0.15, 0.2) is 36.4 Å². The summed E-state index contributed by atoms with van der Waals surface area (Å²) in [4.78, 5) is 3.57. The number of rotatable bonds is 5. The molecule has 0 aliphatic rings. The van der Waals surface area contributed by atoms with Crippen LogP contribution in [0.25, 0.3) is 22.2 Å². The molecule has 0 aliphatic heterocycles. The zero-order valence-electron chi connectivity index (χ0n) is 13.1. The number of unbranched alkanes of at least 4 members (excludes halogenated alkanes) is 1. The summed E-state index contributed by atoms with van der Waals surface area (Å²) in [6.07, 6.45) is 3.04. The number of hydrogen-bond acceptors (Lipinski definition) is 1. The Labute approximate surface area is 146 Å². The number of nitrogens with one attached hydrogen (secondary N) is 1. The minimum Gasteiger partial charge on any atom is -0.354 e. The first-order valence-electron chi connectivity index (χ1n) is 7.88. The third-order valence-corrected chi connectivity index (χ3v) is 5.07. The van der Waals surface area contributed by atoms with E-state index in [-0.39, 0.29) is 0 Å². The highest BCUT2D eigenvalue weighted by Crippen LogP contribution is 2.38. The highest BCUT2D eigenvalue weighted by molar-refractivity contribution is 6.43. The lowest BCUT2D eigenvalue weighted by Gasteiger charge is -2.08. The molecular weight excluding hydrogens is 327 g/mol. The molecule has 0 fully saturated rings. The van der Waals surface area contributed by atoms with Gasteiger partial charge in [0.05, 0.1) is 15.7 Å². The third kappa shape index (κ3) is 3.12. The predicted octanol–water partition coefficient (Wildman–Crippen LogP) is 5.73. The second kappa shape index (κ2) is 6.96. The van der Waals surface area contributed by atoms with Crippen molar-refractivity contribution in [3.05, 3.63) is 57.6 Å². The maximum absolute atomic E-state index is 6.46. The van der Waals surface area contributed by atoms with E-state index in [1.54, 1.807) is 0 Å². The molecule has 0 spiro atoms. The molecule has 0 radical (unpaired) electrons. The molecule has 2 nitrogen and oxygen atoms in total. The Morgan fingerprint density at radius 2 is 1.83 bits per heavy atom. The fraction of sp³-hybridized carbons (Fsp3) is 0.263. The van der Waals surface area contributed by atoms with Gasteiger partial charge in [0.15, 0.2) is 0 Å². The van der Waals surface area contributed by atoms with Crippen molar-refractivity contribution in [3.63, 3.8) is 0 Å². The number of fused-ring (bicyclic) bond motifs is 1. The van der Waals surface area contributed by atoms with Crippen LogP contribution in [0.3, 0.4) is 0 Å². The fourth-order valence-corrected chi connectivity index (χ4v) is 3.45. The summed E-state index contributed by atoms with van der Waals surface area (Å²) < 4.78 is 0. The summed E-state index contributed by atoms with van der Waals surface area (Å²) in [5.74, 6) is 0. The van der Waals surface area contributed by atoms with E-state index in [9.17, 15) is 0 Å². The Kier molecular flexibility index (Phi) is 4.96. The van der Waals surface area contributed by atoms with Crippen molar-refractivity contribution in [1.82, 2.24) is 4.98 Å². The monoisotopic (exact) mass is 346 g/mol. The fourth-order valence-electron chi connectivity index (χ4n) is 3.05. The average Bonchev–Trinajstić information content (AvgIpc) is 2.91. The summed E-state index contributed by atoms with van der Waals surface area (Å²) in [6.45, 7) is 2.83. The van der Waals surface area contributed by atoms with E-state index in [0.717, 1.165) is 30.5 Å². The van der Waals surface area contributed by atoms with Gasteiger partial charge in [-0.15, -0.1) is 0 Å². The van der Waals surface area contributed by atoms with E-state index in [1.807, 2.05) is 18.2 Å². The van der Waals surface area contributed by atoms with E-state index in [1.165, 1.54) is 22.0 Å². The van der Waals surface area contributed by atoms with Crippen LogP contribution in [0.4, 0.5) is 0 Å². The molecule has 0 atom stereocenters. The van der Waals surface area contributed by atoms with Crippen LogP contribution >= 0.6 is 23.2 Å². The van der Waals surface area contributed by atoms with Gasteiger partial charge >= 0.3 is 0 Å². The van der Waals surface area contributed by atoms with E-state index in [4.69, 9.17) is 28.9 Å². The number of aryl methyl sites for hydroxylation is 2. The molecule has 3 N–H and O–H groups in total. The Hall–Kier alpha value is -1.48. The summed E-state index contributed by atoms with van der Waals surface area (Å²) in [5, 5.41) is 2.43. The number of nitrogens with two attached hydrogens (primary N) is 1. The molecular formula is C19H20Cl2N2. The maximum Gasteiger partial charge on any atom is 0.0685 e. The second-order valence-corrected chi connectivity index (χ2v) is 6.61. The molecule has 0 bridgehead atoms. The van der Waals surface area contributed by atoms with Crippen LogP contribution in [0.5, 0.6) is 0 Å². The molecule has 3 rings (SSSR count). The molecule has 0 saturated heterocycles. The normalized spacial score (nSPS) is 11.3. The summed E-state index contributed by atoms with van der Waals surface area (Å²) in [7, 11) is 0. The van der Waals surface area contributed by atoms with Crippen LogP contribution in [0.2, 0.25) is 10.0 Å². The Balaban J connectivity index is 2.20. The third-order valence-electron chi connectivity index (χ3n) is 4.25. The molecule has 120 valence electrons. The molecule has 0 saturated carbocycles. The number of aromatic amines is 1. The number of hydrogen-bond donors (Lipinski definition) is 2. The van der Waals surface area contributed by atoms with Crippen LogP contribution in [-0.2, 0) is 6.42 Å². The van der Waals surface area contributed by atoms with E-state index in [0.29, 0.717) is 16.6 Å². The molecule has 0 amide bonds. The van der Waals surface area contributed by atoms with Gasteiger partial charge < -0.3 is 10.7 Å². The topological polar surface area (TPSA) is 41.8 Å². The number of halogens is 2. The van der Waals surface area contributed by atoms with Crippen molar-refractivity contribution in [1.29, 1.82) is 0 Å². The van der Waals surface area contributed by atoms with Gasteiger partial charge in [-0.1, -0.05) is 53.5 Å². The summed E-state index contributed by atoms with van der Waals surface area (Å²) >= 11 is 12.7. The summed E-state index contributed by atoms with van der Waals surface area (Å²) in [6, 6.07) is 12.1. The van der Waals surface area contributed by atoms with Gasteiger partial charge in [0.2, 0.25) is 0 Å². The van der Waals surface area contributed by atoms with Gasteiger partial charge in [-0.25, -0.2) is 0 Å². The Morgan fingerprint density at radius 1 is 1.04 bits per heavy atom. The molecule has 1 aromatic heterocycles. The quantitative estimate of drug-likeness (QED) is 0.569. The number of para-hydroxylation sites is 1. The van der Waals surface area contributed by atoms with Gasteiger partial charge in [-0.3, -0.25) is 0 Å². The standard InChI is InChI=1S/C19H20Cl2N2/c1-12-6-4-8-13-14(7-2-3-11-22)19(23-18(12)13)15-9-5-10-16(20)17(15)21/h4-6,8-10,23H,2-3,7,11,22H2,1H3. The molecule has 3 aromatic rings. The first-order valence-corrected chi connectivity index (χ1v) is 8.63. The Bertz CT molecular complexity index is 837. The minimum absolute atomic E-state index is 0.576. The second-order valence-electron chi connectivity index (χ2n) is 5.82. The molecule has 2 aromatic carbocycles. The molecule has 0 unspecified atom stereocenters. The van der Waals surface area contributed by atoms with Gasteiger partial charge in [0.1, 0.15) is 0 Å². The highest BCUT2D eigenvalue weighted by atomic mass is 35.5. The van der Waals surface area contributed by atoms with Crippen LogP contribution in [0.1, 0.15) is 24.0 Å². The van der Waals surface area contributed by atoms with Crippen molar-refractivity contribution < 1.29 is 0 Å². The zero-order valence-corrected chi connectivity index (χ0v) is 14.6. The number of aromatic nitrogens is 1. The van der Waals surface area contributed by atoms with Crippen LogP contribution in [0, 0.1) is 6.92 Å². The Morgan fingerprint density at radius 3 is 2.61 bits per heavy atom. The van der Waals surface area contributed by atoms with Crippen LogP contribution < -0.4 is 5.73 Å². The van der Waals surface area contributed by atoms with Gasteiger partial charge in [0, 0.05) is 16.5 Å². The van der Waals surface area contributed by atoms with Gasteiger partial charge in [0.25, 0.3) is 0 Å². The van der Waals surface area contributed by atoms with Crippen LogP contribution in [-0.4, -0.2) is 11.5 Å². The average molecular weight is 347 g/mol.